The van der Waals surface area contributed by atoms with Gasteiger partial charge in [0.2, 0.25) is 5.78 Å². The monoisotopic (exact) mass is 239 g/mol. The van der Waals surface area contributed by atoms with Crippen molar-refractivity contribution in [2.75, 3.05) is 0 Å². The third-order valence-corrected chi connectivity index (χ3v) is 2.40. The van der Waals surface area contributed by atoms with Crippen molar-refractivity contribution in [2.45, 2.75) is 6.92 Å². The Kier molecular flexibility index (Phi) is 3.86. The zero-order valence-corrected chi connectivity index (χ0v) is 10.0. The molecule has 0 bridgehead atoms. The number of Topliss-reactive ketones (excluding diaryl/α,β-unsaturated/α-hetero) is 1. The van der Waals surface area contributed by atoms with Gasteiger partial charge < -0.3 is 4.84 Å². The molecule has 0 aliphatic rings. The number of ketones is 1. The van der Waals surface area contributed by atoms with E-state index in [1.165, 1.54) is 0 Å². The smallest absolute Gasteiger partial charge is 0.210 e. The number of benzene rings is 2. The van der Waals surface area contributed by atoms with Crippen molar-refractivity contribution < 1.29 is 9.63 Å². The molecule has 0 atom stereocenters. The van der Waals surface area contributed by atoms with Crippen LogP contribution in [0.5, 0.6) is 5.75 Å². The predicted octanol–water partition coefficient (Wildman–Crippen LogP) is 3.32. The minimum atomic E-state index is -0.133. The normalized spacial score (nSPS) is 11.1. The third kappa shape index (κ3) is 3.04. The van der Waals surface area contributed by atoms with Crippen molar-refractivity contribution in [3.63, 3.8) is 0 Å². The van der Waals surface area contributed by atoms with Crippen LogP contribution >= 0.6 is 0 Å². The molecule has 2 aromatic rings. The lowest BCUT2D eigenvalue weighted by molar-refractivity contribution is 0.106. The molecule has 0 saturated heterocycles. The van der Waals surface area contributed by atoms with Crippen LogP contribution in [0.15, 0.2) is 65.8 Å². The van der Waals surface area contributed by atoms with Crippen LogP contribution in [0.3, 0.4) is 0 Å². The van der Waals surface area contributed by atoms with Crippen LogP contribution in [-0.2, 0) is 0 Å². The first-order chi connectivity index (χ1) is 8.77. The summed E-state index contributed by atoms with van der Waals surface area (Å²) in [6.07, 6.45) is 0. The van der Waals surface area contributed by atoms with E-state index in [4.69, 9.17) is 4.84 Å². The molecule has 0 aliphatic carbocycles. The zero-order chi connectivity index (χ0) is 12.8. The van der Waals surface area contributed by atoms with Gasteiger partial charge in [0.05, 0.1) is 0 Å². The standard InChI is InChI=1S/C15H13NO2/c1-12(15(17)13-8-4-2-5-9-13)16-18-14-10-6-3-7-11-14/h2-11H,1H3. The quantitative estimate of drug-likeness (QED) is 0.466. The maximum atomic E-state index is 12.0. The van der Waals surface area contributed by atoms with E-state index in [1.54, 1.807) is 31.2 Å². The van der Waals surface area contributed by atoms with Crippen LogP contribution in [0.25, 0.3) is 0 Å². The van der Waals surface area contributed by atoms with Crippen molar-refractivity contribution in [3.05, 3.63) is 66.2 Å². The molecule has 0 fully saturated rings. The molecule has 0 N–H and O–H groups in total. The Morgan fingerprint density at radius 3 is 2.11 bits per heavy atom. The average molecular weight is 239 g/mol. The fourth-order valence-corrected chi connectivity index (χ4v) is 1.44. The molecule has 90 valence electrons. The molecular formula is C15H13NO2. The van der Waals surface area contributed by atoms with Gasteiger partial charge in [0.15, 0.2) is 5.75 Å². The molecule has 0 radical (unpaired) electrons. The van der Waals surface area contributed by atoms with Crippen LogP contribution in [0, 0.1) is 0 Å². The molecule has 2 rings (SSSR count). The second kappa shape index (κ2) is 5.77. The minimum Gasteiger partial charge on any atom is -0.357 e. The number of rotatable bonds is 4. The van der Waals surface area contributed by atoms with E-state index >= 15 is 0 Å². The topological polar surface area (TPSA) is 38.7 Å². The van der Waals surface area contributed by atoms with Gasteiger partial charge in [-0.3, -0.25) is 4.79 Å². The lowest BCUT2D eigenvalue weighted by Crippen LogP contribution is -2.11. The van der Waals surface area contributed by atoms with Crippen LogP contribution in [0.2, 0.25) is 0 Å². The molecule has 0 saturated carbocycles. The van der Waals surface area contributed by atoms with Crippen molar-refractivity contribution in [1.29, 1.82) is 0 Å². The molecule has 18 heavy (non-hydrogen) atoms. The van der Waals surface area contributed by atoms with Crippen molar-refractivity contribution >= 4 is 11.5 Å². The molecule has 0 heterocycles. The van der Waals surface area contributed by atoms with Gasteiger partial charge in [-0.25, -0.2) is 0 Å². The SMILES string of the molecule is CC(=NOc1ccccc1)C(=O)c1ccccc1. The van der Waals surface area contributed by atoms with E-state index in [0.717, 1.165) is 0 Å². The highest BCUT2D eigenvalue weighted by Crippen LogP contribution is 2.09. The Bertz CT molecular complexity index is 547. The van der Waals surface area contributed by atoms with E-state index in [2.05, 4.69) is 5.16 Å². The number of hydrogen-bond acceptors (Lipinski definition) is 3. The highest BCUT2D eigenvalue weighted by Gasteiger charge is 2.09. The van der Waals surface area contributed by atoms with E-state index in [0.29, 0.717) is 17.0 Å². The summed E-state index contributed by atoms with van der Waals surface area (Å²) in [4.78, 5) is 17.1. The first-order valence-electron chi connectivity index (χ1n) is 5.64. The van der Waals surface area contributed by atoms with Gasteiger partial charge in [-0.15, -0.1) is 0 Å². The van der Waals surface area contributed by atoms with Crippen LogP contribution < -0.4 is 4.84 Å². The van der Waals surface area contributed by atoms with Gasteiger partial charge in [-0.2, -0.15) is 0 Å². The first-order valence-corrected chi connectivity index (χ1v) is 5.64. The van der Waals surface area contributed by atoms with Crippen molar-refractivity contribution in [1.82, 2.24) is 0 Å². The summed E-state index contributed by atoms with van der Waals surface area (Å²) in [5.74, 6) is 0.476. The second-order valence-corrected chi connectivity index (χ2v) is 3.78. The molecular weight excluding hydrogens is 226 g/mol. The maximum Gasteiger partial charge on any atom is 0.210 e. The lowest BCUT2D eigenvalue weighted by atomic mass is 10.1. The summed E-state index contributed by atoms with van der Waals surface area (Å²) < 4.78 is 0. The molecule has 0 unspecified atom stereocenters. The predicted molar refractivity (Wildman–Crippen MR) is 71.0 cm³/mol. The first kappa shape index (κ1) is 12.0. The summed E-state index contributed by atoms with van der Waals surface area (Å²) in [6.45, 7) is 1.64. The van der Waals surface area contributed by atoms with E-state index in [1.807, 2.05) is 36.4 Å². The molecule has 0 aliphatic heterocycles. The van der Waals surface area contributed by atoms with Crippen molar-refractivity contribution in [3.8, 4) is 5.75 Å². The number of carbonyl (C=O) groups excluding carboxylic acids is 1. The fraction of sp³-hybridized carbons (Fsp3) is 0.0667. The number of carbonyl (C=O) groups is 1. The maximum absolute atomic E-state index is 12.0. The Morgan fingerprint density at radius 2 is 1.50 bits per heavy atom. The summed E-state index contributed by atoms with van der Waals surface area (Å²) in [5.41, 5.74) is 0.931. The van der Waals surface area contributed by atoms with Crippen LogP contribution in [0.4, 0.5) is 0 Å². The highest BCUT2D eigenvalue weighted by atomic mass is 16.6. The van der Waals surface area contributed by atoms with Gasteiger partial charge in [-0.05, 0) is 19.1 Å². The molecule has 0 aromatic heterocycles. The number of oxime groups is 1. The van der Waals surface area contributed by atoms with E-state index in [-0.39, 0.29) is 5.78 Å². The zero-order valence-electron chi connectivity index (χ0n) is 10.0. The number of nitrogens with zero attached hydrogens (tertiary/aromatic N) is 1. The fourth-order valence-electron chi connectivity index (χ4n) is 1.44. The Balaban J connectivity index is 2.08. The number of para-hydroxylation sites is 1. The van der Waals surface area contributed by atoms with E-state index < -0.39 is 0 Å². The molecule has 0 spiro atoms. The van der Waals surface area contributed by atoms with Gasteiger partial charge >= 0.3 is 0 Å². The third-order valence-electron chi connectivity index (χ3n) is 2.40. The molecule has 3 heteroatoms. The Morgan fingerprint density at radius 1 is 0.944 bits per heavy atom. The summed E-state index contributed by atoms with van der Waals surface area (Å²) in [5, 5.41) is 3.84. The van der Waals surface area contributed by atoms with Crippen LogP contribution in [-0.4, -0.2) is 11.5 Å². The Hall–Kier alpha value is -2.42. The van der Waals surface area contributed by atoms with Gasteiger partial charge in [0.1, 0.15) is 5.71 Å². The van der Waals surface area contributed by atoms with Gasteiger partial charge in [0.25, 0.3) is 0 Å². The number of hydrogen-bond donors (Lipinski definition) is 0. The summed E-state index contributed by atoms with van der Waals surface area (Å²) in [7, 11) is 0. The molecule has 3 nitrogen and oxygen atoms in total. The Labute approximate surface area is 106 Å². The van der Waals surface area contributed by atoms with E-state index in [9.17, 15) is 4.79 Å². The molecule has 0 amide bonds. The summed E-state index contributed by atoms with van der Waals surface area (Å²) in [6, 6.07) is 18.2. The average Bonchev–Trinajstić information content (AvgIpc) is 2.46. The van der Waals surface area contributed by atoms with Crippen LogP contribution in [0.1, 0.15) is 17.3 Å². The second-order valence-electron chi connectivity index (χ2n) is 3.78. The largest absolute Gasteiger partial charge is 0.357 e. The summed E-state index contributed by atoms with van der Waals surface area (Å²) >= 11 is 0. The minimum absolute atomic E-state index is 0.133. The molecule has 2 aromatic carbocycles. The van der Waals surface area contributed by atoms with Crippen molar-refractivity contribution in [2.24, 2.45) is 5.16 Å². The van der Waals surface area contributed by atoms with Gasteiger partial charge in [-0.1, -0.05) is 53.7 Å². The van der Waals surface area contributed by atoms with Gasteiger partial charge in [0, 0.05) is 5.56 Å². The lowest BCUT2D eigenvalue weighted by Gasteiger charge is -2.01. The highest BCUT2D eigenvalue weighted by molar-refractivity contribution is 6.45.